The van der Waals surface area contributed by atoms with Gasteiger partial charge in [-0.05, 0) is 36.5 Å². The van der Waals surface area contributed by atoms with E-state index in [9.17, 15) is 22.8 Å². The molecule has 1 atom stereocenters. The molecule has 8 nitrogen and oxygen atoms in total. The summed E-state index contributed by atoms with van der Waals surface area (Å²) in [6.45, 7) is 5.59. The first-order valence-electron chi connectivity index (χ1n) is 9.53. The number of para-hydroxylation sites is 1. The van der Waals surface area contributed by atoms with Crippen LogP contribution in [0.4, 0.5) is 5.69 Å². The maximum Gasteiger partial charge on any atom is 0.261 e. The fourth-order valence-electron chi connectivity index (χ4n) is 3.72. The largest absolute Gasteiger partial charge is 0.345 e. The van der Waals surface area contributed by atoms with Gasteiger partial charge in [0.05, 0.1) is 18.0 Å². The van der Waals surface area contributed by atoms with Gasteiger partial charge in [0, 0.05) is 17.7 Å². The Labute approximate surface area is 175 Å². The van der Waals surface area contributed by atoms with Crippen molar-refractivity contribution in [2.45, 2.75) is 39.7 Å². The average Bonchev–Trinajstić information content (AvgIpc) is 2.59. The van der Waals surface area contributed by atoms with Gasteiger partial charge in [-0.25, -0.2) is 8.42 Å². The zero-order valence-electron chi connectivity index (χ0n) is 17.3. The summed E-state index contributed by atoms with van der Waals surface area (Å²) in [5, 5.41) is 2.71. The molecule has 1 aliphatic rings. The number of rotatable bonds is 5. The Hall–Kier alpha value is -2.94. The minimum absolute atomic E-state index is 0.109. The number of benzene rings is 1. The van der Waals surface area contributed by atoms with Crippen LogP contribution in [-0.4, -0.2) is 31.3 Å². The molecule has 0 fully saturated rings. The van der Waals surface area contributed by atoms with E-state index in [0.29, 0.717) is 35.3 Å². The van der Waals surface area contributed by atoms with Gasteiger partial charge >= 0.3 is 0 Å². The molecule has 0 saturated heterocycles. The van der Waals surface area contributed by atoms with E-state index in [-0.39, 0.29) is 16.8 Å². The molecule has 0 saturated carbocycles. The minimum atomic E-state index is -3.50. The van der Waals surface area contributed by atoms with Crippen molar-refractivity contribution >= 4 is 27.4 Å². The second-order valence-electron chi connectivity index (χ2n) is 8.50. The molecule has 0 radical (unpaired) electrons. The Morgan fingerprint density at radius 3 is 2.50 bits per heavy atom. The molecular formula is C21H25N3O5S. The number of hydrogen-bond donors (Lipinski definition) is 3. The van der Waals surface area contributed by atoms with E-state index in [1.165, 1.54) is 6.07 Å². The molecule has 0 spiro atoms. The number of carbonyl (C=O) groups excluding carboxylic acids is 2. The van der Waals surface area contributed by atoms with Crippen LogP contribution in [0.25, 0.3) is 0 Å². The molecule has 1 aromatic carbocycles. The highest BCUT2D eigenvalue weighted by Gasteiger charge is 2.32. The van der Waals surface area contributed by atoms with Crippen molar-refractivity contribution in [2.75, 3.05) is 11.0 Å². The topological polar surface area (TPSA) is 125 Å². The highest BCUT2D eigenvalue weighted by molar-refractivity contribution is 7.92. The summed E-state index contributed by atoms with van der Waals surface area (Å²) in [6.07, 6.45) is 1.93. The minimum Gasteiger partial charge on any atom is -0.345 e. The SMILES string of the molecule is CC(NC(=O)c1cc2c([nH]c1=O)CC(C)(C)CC2=O)c1ccccc1NS(C)(=O)=O. The Bertz CT molecular complexity index is 1180. The van der Waals surface area contributed by atoms with E-state index in [1.54, 1.807) is 31.2 Å². The van der Waals surface area contributed by atoms with Gasteiger partial charge < -0.3 is 10.3 Å². The summed E-state index contributed by atoms with van der Waals surface area (Å²) >= 11 is 0. The number of carbonyl (C=O) groups is 2. The standard InChI is InChI=1S/C21H25N3O5S/c1-12(13-7-5-6-8-16(13)24-30(4,28)29)22-19(26)15-9-14-17(23-20(15)27)10-21(2,3)11-18(14)25/h5-9,12,24H,10-11H2,1-4H3,(H,22,26)(H,23,27). The van der Waals surface area contributed by atoms with Gasteiger partial charge in [0.15, 0.2) is 5.78 Å². The molecule has 3 N–H and O–H groups in total. The Kier molecular flexibility index (Phi) is 5.60. The molecule has 1 aromatic heterocycles. The number of anilines is 1. The zero-order valence-corrected chi connectivity index (χ0v) is 18.1. The molecule has 1 unspecified atom stereocenters. The number of ketones is 1. The van der Waals surface area contributed by atoms with Crippen LogP contribution in [0.5, 0.6) is 0 Å². The summed E-state index contributed by atoms with van der Waals surface area (Å²) in [7, 11) is -3.50. The molecule has 30 heavy (non-hydrogen) atoms. The number of Topliss-reactive ketones (excluding diaryl/α,β-unsaturated/α-hetero) is 1. The van der Waals surface area contributed by atoms with Gasteiger partial charge in [0.1, 0.15) is 5.56 Å². The fraction of sp³-hybridized carbons (Fsp3) is 0.381. The summed E-state index contributed by atoms with van der Waals surface area (Å²) in [5.74, 6) is -0.749. The lowest BCUT2D eigenvalue weighted by Gasteiger charge is -2.29. The van der Waals surface area contributed by atoms with E-state index < -0.39 is 27.5 Å². The fourth-order valence-corrected chi connectivity index (χ4v) is 4.30. The Morgan fingerprint density at radius 1 is 1.17 bits per heavy atom. The van der Waals surface area contributed by atoms with Crippen LogP contribution >= 0.6 is 0 Å². The van der Waals surface area contributed by atoms with Crippen molar-refractivity contribution in [2.24, 2.45) is 5.41 Å². The van der Waals surface area contributed by atoms with Crippen LogP contribution in [0.15, 0.2) is 35.1 Å². The molecule has 1 heterocycles. The van der Waals surface area contributed by atoms with Gasteiger partial charge in [0.25, 0.3) is 11.5 Å². The second kappa shape index (κ2) is 7.71. The predicted molar refractivity (Wildman–Crippen MR) is 114 cm³/mol. The van der Waals surface area contributed by atoms with E-state index in [2.05, 4.69) is 15.0 Å². The summed E-state index contributed by atoms with van der Waals surface area (Å²) < 4.78 is 25.6. The molecule has 2 aromatic rings. The van der Waals surface area contributed by atoms with Crippen LogP contribution in [0.2, 0.25) is 0 Å². The lowest BCUT2D eigenvalue weighted by Crippen LogP contribution is -2.35. The van der Waals surface area contributed by atoms with Crippen molar-refractivity contribution in [1.29, 1.82) is 0 Å². The quantitative estimate of drug-likeness (QED) is 0.670. The van der Waals surface area contributed by atoms with E-state index in [1.807, 2.05) is 13.8 Å². The summed E-state index contributed by atoms with van der Waals surface area (Å²) in [5.41, 5.74) is 0.836. The molecular weight excluding hydrogens is 406 g/mol. The highest BCUT2D eigenvalue weighted by Crippen LogP contribution is 2.33. The third-order valence-electron chi connectivity index (χ3n) is 5.03. The third-order valence-corrected chi connectivity index (χ3v) is 5.62. The van der Waals surface area contributed by atoms with Crippen LogP contribution in [0.3, 0.4) is 0 Å². The van der Waals surface area contributed by atoms with Gasteiger partial charge in [-0.1, -0.05) is 32.0 Å². The summed E-state index contributed by atoms with van der Waals surface area (Å²) in [6, 6.07) is 7.43. The average molecular weight is 432 g/mol. The molecule has 0 aliphatic heterocycles. The predicted octanol–water partition coefficient (Wildman–Crippen LogP) is 2.39. The van der Waals surface area contributed by atoms with Gasteiger partial charge in [-0.2, -0.15) is 0 Å². The van der Waals surface area contributed by atoms with Crippen molar-refractivity contribution < 1.29 is 18.0 Å². The maximum atomic E-state index is 12.8. The normalized spacial score (nSPS) is 16.5. The van der Waals surface area contributed by atoms with E-state index >= 15 is 0 Å². The monoisotopic (exact) mass is 431 g/mol. The molecule has 3 rings (SSSR count). The first-order valence-corrected chi connectivity index (χ1v) is 11.4. The summed E-state index contributed by atoms with van der Waals surface area (Å²) in [4.78, 5) is 40.5. The zero-order chi connectivity index (χ0) is 22.3. The number of aromatic amines is 1. The van der Waals surface area contributed by atoms with Crippen LogP contribution in [-0.2, 0) is 16.4 Å². The number of aromatic nitrogens is 1. The highest BCUT2D eigenvalue weighted by atomic mass is 32.2. The number of nitrogens with one attached hydrogen (secondary N) is 3. The van der Waals surface area contributed by atoms with E-state index in [0.717, 1.165) is 6.26 Å². The smallest absolute Gasteiger partial charge is 0.261 e. The number of fused-ring (bicyclic) bond motifs is 1. The third kappa shape index (κ3) is 4.79. The van der Waals surface area contributed by atoms with Crippen LogP contribution in [0, 0.1) is 5.41 Å². The van der Waals surface area contributed by atoms with Crippen molar-refractivity contribution in [3.8, 4) is 0 Å². The first-order chi connectivity index (χ1) is 13.9. The maximum absolute atomic E-state index is 12.8. The van der Waals surface area contributed by atoms with Gasteiger partial charge in [-0.3, -0.25) is 19.1 Å². The van der Waals surface area contributed by atoms with Crippen molar-refractivity contribution in [1.82, 2.24) is 10.3 Å². The number of hydrogen-bond acceptors (Lipinski definition) is 5. The molecule has 0 bridgehead atoms. The molecule has 1 aliphatic carbocycles. The van der Waals surface area contributed by atoms with Gasteiger partial charge in [0.2, 0.25) is 10.0 Å². The molecule has 160 valence electrons. The van der Waals surface area contributed by atoms with Crippen molar-refractivity contribution in [3.05, 3.63) is 63.1 Å². The van der Waals surface area contributed by atoms with Crippen LogP contribution < -0.4 is 15.6 Å². The number of amides is 1. The van der Waals surface area contributed by atoms with Crippen molar-refractivity contribution in [3.63, 3.8) is 0 Å². The molecule has 1 amide bonds. The number of H-pyrrole nitrogens is 1. The number of sulfonamides is 1. The van der Waals surface area contributed by atoms with Crippen LogP contribution in [0.1, 0.15) is 65.2 Å². The second-order valence-corrected chi connectivity index (χ2v) is 10.3. The van der Waals surface area contributed by atoms with E-state index in [4.69, 9.17) is 0 Å². The lowest BCUT2D eigenvalue weighted by atomic mass is 9.75. The first kappa shape index (κ1) is 21.8. The molecule has 9 heteroatoms. The lowest BCUT2D eigenvalue weighted by molar-refractivity contribution is 0.0910. The number of pyridine rings is 1. The van der Waals surface area contributed by atoms with Gasteiger partial charge in [-0.15, -0.1) is 0 Å². The Balaban J connectivity index is 1.88. The Morgan fingerprint density at radius 2 is 1.83 bits per heavy atom.